The fraction of sp³-hybridized carbons (Fsp3) is 0.800. The molecule has 1 N–H and O–H groups in total. The third kappa shape index (κ3) is 3.69. The molecule has 1 aliphatic carbocycles. The van der Waals surface area contributed by atoms with Crippen LogP contribution in [0.1, 0.15) is 63.4 Å². The van der Waals surface area contributed by atoms with Gasteiger partial charge < -0.3 is 10.2 Å². The van der Waals surface area contributed by atoms with Gasteiger partial charge in [-0.2, -0.15) is 0 Å². The summed E-state index contributed by atoms with van der Waals surface area (Å²) in [5.74, 6) is 0.506. The van der Waals surface area contributed by atoms with Gasteiger partial charge in [0, 0.05) is 30.6 Å². The third-order valence-electron chi connectivity index (χ3n) is 3.95. The van der Waals surface area contributed by atoms with Crippen molar-refractivity contribution in [2.75, 3.05) is 11.9 Å². The van der Waals surface area contributed by atoms with E-state index in [2.05, 4.69) is 45.0 Å². The minimum atomic E-state index is 0.506. The van der Waals surface area contributed by atoms with E-state index < -0.39 is 0 Å². The molecule has 19 heavy (non-hydrogen) atoms. The average molecular weight is 281 g/mol. The molecule has 0 saturated heterocycles. The Bertz CT molecular complexity index is 410. The normalized spacial score (nSPS) is 16.9. The summed E-state index contributed by atoms with van der Waals surface area (Å²) in [4.78, 5) is 8.62. The Hall–Kier alpha value is -0.610. The number of aromatic nitrogens is 1. The standard InChI is InChI=1S/C15H27N3S/c1-6-11(4)18(5)15-17-14(10(2)3)13(19-15)9-16-12-7-8-12/h10-12,16H,6-9H2,1-5H3. The summed E-state index contributed by atoms with van der Waals surface area (Å²) >= 11 is 1.86. The van der Waals surface area contributed by atoms with Crippen LogP contribution in [0.2, 0.25) is 0 Å². The number of anilines is 1. The maximum absolute atomic E-state index is 4.88. The highest BCUT2D eigenvalue weighted by Crippen LogP contribution is 2.32. The van der Waals surface area contributed by atoms with Gasteiger partial charge in [-0.15, -0.1) is 11.3 Å². The van der Waals surface area contributed by atoms with Gasteiger partial charge in [0.1, 0.15) is 0 Å². The van der Waals surface area contributed by atoms with E-state index >= 15 is 0 Å². The zero-order chi connectivity index (χ0) is 14.0. The highest BCUT2D eigenvalue weighted by atomic mass is 32.1. The third-order valence-corrected chi connectivity index (χ3v) is 5.11. The fourth-order valence-corrected chi connectivity index (χ4v) is 3.30. The van der Waals surface area contributed by atoms with E-state index in [1.54, 1.807) is 0 Å². The molecule has 0 radical (unpaired) electrons. The van der Waals surface area contributed by atoms with E-state index in [9.17, 15) is 0 Å². The molecule has 4 heteroatoms. The maximum atomic E-state index is 4.88. The second-order valence-corrected chi connectivity index (χ2v) is 7.04. The molecule has 1 aromatic heterocycles. The Morgan fingerprint density at radius 3 is 2.58 bits per heavy atom. The van der Waals surface area contributed by atoms with Gasteiger partial charge in [0.25, 0.3) is 0 Å². The molecule has 2 rings (SSSR count). The van der Waals surface area contributed by atoms with Crippen LogP contribution in [0.25, 0.3) is 0 Å². The van der Waals surface area contributed by atoms with Crippen molar-refractivity contribution in [1.29, 1.82) is 0 Å². The Balaban J connectivity index is 2.13. The molecule has 1 aliphatic rings. The molecule has 108 valence electrons. The number of nitrogens with zero attached hydrogens (tertiary/aromatic N) is 2. The monoisotopic (exact) mass is 281 g/mol. The number of hydrogen-bond acceptors (Lipinski definition) is 4. The minimum absolute atomic E-state index is 0.506. The van der Waals surface area contributed by atoms with E-state index in [-0.39, 0.29) is 0 Å². The van der Waals surface area contributed by atoms with Crippen molar-refractivity contribution in [2.45, 2.75) is 71.5 Å². The van der Waals surface area contributed by atoms with Gasteiger partial charge in [0.15, 0.2) is 5.13 Å². The summed E-state index contributed by atoms with van der Waals surface area (Å²) < 4.78 is 0. The lowest BCUT2D eigenvalue weighted by atomic mass is 10.1. The van der Waals surface area contributed by atoms with Crippen LogP contribution in [0.5, 0.6) is 0 Å². The van der Waals surface area contributed by atoms with Crippen molar-refractivity contribution in [1.82, 2.24) is 10.3 Å². The van der Waals surface area contributed by atoms with Crippen molar-refractivity contribution in [3.8, 4) is 0 Å². The quantitative estimate of drug-likeness (QED) is 0.825. The van der Waals surface area contributed by atoms with Crippen molar-refractivity contribution >= 4 is 16.5 Å². The topological polar surface area (TPSA) is 28.2 Å². The summed E-state index contributed by atoms with van der Waals surface area (Å²) in [6.45, 7) is 9.96. The predicted octanol–water partition coefficient (Wildman–Crippen LogP) is 3.75. The number of nitrogens with one attached hydrogen (secondary N) is 1. The summed E-state index contributed by atoms with van der Waals surface area (Å²) in [6, 6.07) is 1.31. The van der Waals surface area contributed by atoms with E-state index in [1.807, 2.05) is 11.3 Å². The lowest BCUT2D eigenvalue weighted by Crippen LogP contribution is -2.27. The molecule has 1 atom stereocenters. The lowest BCUT2D eigenvalue weighted by molar-refractivity contribution is 0.658. The van der Waals surface area contributed by atoms with Crippen LogP contribution < -0.4 is 10.2 Å². The number of hydrogen-bond donors (Lipinski definition) is 1. The molecule has 0 aliphatic heterocycles. The fourth-order valence-electron chi connectivity index (χ4n) is 2.07. The average Bonchev–Trinajstić information content (AvgIpc) is 3.12. The highest BCUT2D eigenvalue weighted by molar-refractivity contribution is 7.15. The van der Waals surface area contributed by atoms with Gasteiger partial charge in [-0.1, -0.05) is 20.8 Å². The van der Waals surface area contributed by atoms with Gasteiger partial charge in [-0.3, -0.25) is 0 Å². The number of thiazole rings is 1. The van der Waals surface area contributed by atoms with Crippen molar-refractivity contribution < 1.29 is 0 Å². The van der Waals surface area contributed by atoms with Crippen molar-refractivity contribution in [2.24, 2.45) is 0 Å². The Morgan fingerprint density at radius 1 is 1.37 bits per heavy atom. The second kappa shape index (κ2) is 6.23. The van der Waals surface area contributed by atoms with E-state index in [0.29, 0.717) is 12.0 Å². The largest absolute Gasteiger partial charge is 0.348 e. The van der Waals surface area contributed by atoms with Gasteiger partial charge in [0.2, 0.25) is 0 Å². The molecule has 1 heterocycles. The molecule has 1 fully saturated rings. The van der Waals surface area contributed by atoms with E-state index in [0.717, 1.165) is 19.0 Å². The first-order valence-electron chi connectivity index (χ1n) is 7.48. The molecule has 1 saturated carbocycles. The predicted molar refractivity (Wildman–Crippen MR) is 84.2 cm³/mol. The zero-order valence-corrected chi connectivity index (χ0v) is 13.7. The summed E-state index contributed by atoms with van der Waals surface area (Å²) in [5.41, 5.74) is 1.28. The van der Waals surface area contributed by atoms with E-state index in [4.69, 9.17) is 4.98 Å². The van der Waals surface area contributed by atoms with Crippen LogP contribution in [0.15, 0.2) is 0 Å². The van der Waals surface area contributed by atoms with Crippen molar-refractivity contribution in [3.05, 3.63) is 10.6 Å². The lowest BCUT2D eigenvalue weighted by Gasteiger charge is -2.22. The molecular formula is C15H27N3S. The van der Waals surface area contributed by atoms with Crippen LogP contribution in [-0.2, 0) is 6.54 Å². The zero-order valence-electron chi connectivity index (χ0n) is 12.9. The first kappa shape index (κ1) is 14.8. The molecule has 0 spiro atoms. The van der Waals surface area contributed by atoms with Crippen LogP contribution in [0, 0.1) is 0 Å². The Morgan fingerprint density at radius 2 is 2.05 bits per heavy atom. The minimum Gasteiger partial charge on any atom is -0.348 e. The summed E-state index contributed by atoms with van der Waals surface area (Å²) in [7, 11) is 2.16. The second-order valence-electron chi connectivity index (χ2n) is 5.98. The Labute approximate surface area is 121 Å². The molecular weight excluding hydrogens is 254 g/mol. The summed E-state index contributed by atoms with van der Waals surface area (Å²) in [6.07, 6.45) is 3.84. The van der Waals surface area contributed by atoms with Crippen LogP contribution >= 0.6 is 11.3 Å². The first-order chi connectivity index (χ1) is 9.02. The molecule has 1 unspecified atom stereocenters. The molecule has 0 aromatic carbocycles. The molecule has 0 bridgehead atoms. The van der Waals surface area contributed by atoms with Gasteiger partial charge in [0.05, 0.1) is 5.69 Å². The maximum Gasteiger partial charge on any atom is 0.185 e. The van der Waals surface area contributed by atoms with Gasteiger partial charge >= 0.3 is 0 Å². The molecule has 1 aromatic rings. The van der Waals surface area contributed by atoms with Crippen molar-refractivity contribution in [3.63, 3.8) is 0 Å². The molecule has 0 amide bonds. The SMILES string of the molecule is CCC(C)N(C)c1nc(C(C)C)c(CNC2CC2)s1. The first-order valence-corrected chi connectivity index (χ1v) is 8.30. The van der Waals surface area contributed by atoms with Gasteiger partial charge in [-0.05, 0) is 32.1 Å². The molecule has 3 nitrogen and oxygen atoms in total. The van der Waals surface area contributed by atoms with Crippen LogP contribution in [0.4, 0.5) is 5.13 Å². The van der Waals surface area contributed by atoms with E-state index in [1.165, 1.54) is 28.5 Å². The summed E-state index contributed by atoms with van der Waals surface area (Å²) in [5, 5.41) is 4.79. The van der Waals surface area contributed by atoms with Crippen LogP contribution in [0.3, 0.4) is 0 Å². The number of rotatable bonds is 7. The van der Waals surface area contributed by atoms with Crippen LogP contribution in [-0.4, -0.2) is 24.1 Å². The Kier molecular flexibility index (Phi) is 4.85. The smallest absolute Gasteiger partial charge is 0.185 e. The highest BCUT2D eigenvalue weighted by Gasteiger charge is 2.23. The van der Waals surface area contributed by atoms with Gasteiger partial charge in [-0.25, -0.2) is 4.98 Å².